The van der Waals surface area contributed by atoms with Crippen molar-refractivity contribution in [3.63, 3.8) is 0 Å². The van der Waals surface area contributed by atoms with Gasteiger partial charge in [-0.1, -0.05) is 64.5 Å². The Labute approximate surface area is 838 Å². The molecule has 14 amide bonds. The number of ether oxygens (including phenoxy) is 1. The first-order valence-electron chi connectivity index (χ1n) is 47.0. The highest BCUT2D eigenvalue weighted by molar-refractivity contribution is 7.98. The second-order valence-electron chi connectivity index (χ2n) is 36.1. The summed E-state index contributed by atoms with van der Waals surface area (Å²) >= 11 is 1.18. The topological polar surface area (TPSA) is 735 Å². The number of likely N-dealkylation sites (tertiary alicyclic amines) is 1. The van der Waals surface area contributed by atoms with Crippen LogP contribution in [0.3, 0.4) is 0 Å². The second-order valence-corrected chi connectivity index (χ2v) is 39.9. The van der Waals surface area contributed by atoms with Crippen LogP contribution in [0.4, 0.5) is 11.4 Å². The fourth-order valence-corrected chi connectivity index (χ4v) is 17.7. The number of primary amides is 1. The number of rotatable bonds is 65. The van der Waals surface area contributed by atoms with Gasteiger partial charge in [0.15, 0.2) is 5.71 Å². The van der Waals surface area contributed by atoms with Crippen LogP contribution in [0.2, 0.25) is 0 Å². The van der Waals surface area contributed by atoms with Crippen molar-refractivity contribution in [1.29, 1.82) is 0 Å². The number of hydrogen-bond acceptors (Lipinski definition) is 27. The van der Waals surface area contributed by atoms with Crippen molar-refractivity contribution in [1.82, 2.24) is 74.0 Å². The Hall–Kier alpha value is -13.1. The zero-order valence-corrected chi connectivity index (χ0v) is 84.6. The quantitative estimate of drug-likeness (QED) is 0.0177. The molecule has 0 saturated carbocycles. The fraction of sp³-hybridized carbons (Fsp3) is 0.570. The fourth-order valence-electron chi connectivity index (χ4n) is 16.1. The van der Waals surface area contributed by atoms with E-state index in [2.05, 4.69) is 73.7 Å². The summed E-state index contributed by atoms with van der Waals surface area (Å²) in [5.41, 5.74) is 8.94. The van der Waals surface area contributed by atoms with Crippen molar-refractivity contribution >= 4 is 162 Å². The molecule has 3 aliphatic rings. The Kier molecular flexibility index (Phi) is 49.4. The molecule has 1 fully saturated rings. The number of carboxylic acids is 5. The summed E-state index contributed by atoms with van der Waals surface area (Å²) < 4.78 is 75.7. The Morgan fingerprint density at radius 2 is 0.972 bits per heavy atom. The highest BCUT2D eigenvalue weighted by atomic mass is 32.2. The zero-order chi connectivity index (χ0) is 108. The van der Waals surface area contributed by atoms with Gasteiger partial charge in [-0.25, -0.2) is 0 Å². The molecule has 796 valence electrons. The van der Waals surface area contributed by atoms with Gasteiger partial charge in [-0.2, -0.15) is 33.2 Å². The molecule has 0 radical (unpaired) electrons. The van der Waals surface area contributed by atoms with Gasteiger partial charge in [-0.05, 0) is 179 Å². The summed E-state index contributed by atoms with van der Waals surface area (Å²) in [4.78, 5) is 251. The van der Waals surface area contributed by atoms with Gasteiger partial charge >= 0.3 is 29.8 Å². The first kappa shape index (κ1) is 121. The smallest absolute Gasteiger partial charge is 0.303 e. The number of nitrogens with two attached hydrogens (primary N) is 1. The maximum Gasteiger partial charge on any atom is 0.303 e. The van der Waals surface area contributed by atoms with Crippen LogP contribution in [0.5, 0.6) is 0 Å². The molecule has 0 spiro atoms. The van der Waals surface area contributed by atoms with Crippen LogP contribution >= 0.6 is 11.8 Å². The average Bonchev–Trinajstić information content (AvgIpc) is 1.59. The highest BCUT2D eigenvalue weighted by Crippen LogP contribution is 2.49. The molecule has 5 rings (SSSR count). The molecule has 51 heteroatoms. The van der Waals surface area contributed by atoms with Crippen molar-refractivity contribution in [2.75, 3.05) is 83.0 Å². The summed E-state index contributed by atoms with van der Waals surface area (Å²) in [6.45, 7) is 13.9. The van der Waals surface area contributed by atoms with Crippen LogP contribution in [0.15, 0.2) is 94.4 Å². The van der Waals surface area contributed by atoms with Crippen molar-refractivity contribution < 1.29 is 152 Å². The molecule has 10 atom stereocenters. The molecule has 0 aromatic heterocycles. The number of carboxylic acid groups (broad SMARTS) is 5. The van der Waals surface area contributed by atoms with Crippen molar-refractivity contribution in [3.8, 4) is 0 Å². The maximum atomic E-state index is 14.2. The summed E-state index contributed by atoms with van der Waals surface area (Å²) in [6, 6.07) is -6.13. The van der Waals surface area contributed by atoms with Crippen molar-refractivity contribution in [2.24, 2.45) is 11.7 Å². The minimum absolute atomic E-state index is 0.00264. The second kappa shape index (κ2) is 58.6. The lowest BCUT2D eigenvalue weighted by atomic mass is 9.81. The third-order valence-electron chi connectivity index (χ3n) is 23.7. The van der Waals surface area contributed by atoms with Gasteiger partial charge in [-0.15, -0.1) is 0 Å². The molecule has 3 aliphatic heterocycles. The Morgan fingerprint density at radius 1 is 0.500 bits per heavy atom. The standard InChI is InChI=1S/C93H135N17O31S3/c1-11-109-68-35-28-56(143(135,136)137)48-58(68)92(5,6)71(109)25-16-13-12-14-17-26-72-93(7,8)59-49-57(144(138,139)140)29-36-69(59)110(72)45-21-15-18-27-73(111)95-42-20-19-23-60(82(94)125)102-86(129)62(31-38-78(117)118)104-88(131)64(33-40-80(121)122)106-89(132)65(34-41-81(123)124)105-87(130)63(32-39-79(119)120)103-85(128)61(30-37-77(115)116)100-76(114)52-141-46-43-96-74(112)50-97-83(126)55(4)99-90(133)67(53-142-10)101-75(113)51-98-84(127)66(47-54(2)3)107-91(134)70-24-22-44-108(70)9/h12-14,16-17,25-26,28-29,35-36,48-49,54-55,60-67,70H,11,15,18-24,27,30-34,37-47,50-53H2,1-10H3,(H21-,94,95,96,97,98,99,100,101,102,103,104,105,106,107,111,112,113,114,115,116,117,118,119,120,121,122,123,124,125,126,127,128,129,130,131,132,133,134,135,136,137,138,139,140)/p+1/t55-,60+,61+,62+,63+,64+,65+,66-,67-,70-/m0/s1. The minimum atomic E-state index is -4.57. The minimum Gasteiger partial charge on any atom is -0.481 e. The van der Waals surface area contributed by atoms with E-state index in [9.17, 15) is 143 Å². The number of likely N-dealkylation sites (N-methyl/N-ethyl adjacent to an activating group) is 1. The molecule has 0 aliphatic carbocycles. The molecule has 2 aromatic rings. The number of aliphatic carboxylic acids is 5. The molecule has 2 aromatic carbocycles. The van der Waals surface area contributed by atoms with E-state index >= 15 is 0 Å². The number of nitrogens with one attached hydrogen (secondary N) is 13. The number of allylic oxidation sites excluding steroid dienone is 8. The number of hydrogen-bond donors (Lipinski definition) is 21. The number of carbonyl (C=O) groups is 19. The van der Waals surface area contributed by atoms with E-state index in [1.807, 2.05) is 108 Å². The molecule has 144 heavy (non-hydrogen) atoms. The Morgan fingerprint density at radius 3 is 1.47 bits per heavy atom. The first-order valence-corrected chi connectivity index (χ1v) is 51.2. The number of amides is 14. The summed E-state index contributed by atoms with van der Waals surface area (Å²) in [5, 5.41) is 79.3. The van der Waals surface area contributed by atoms with Gasteiger partial charge < -0.3 is 110 Å². The lowest BCUT2D eigenvalue weighted by Crippen LogP contribution is -2.59. The van der Waals surface area contributed by atoms with Crippen LogP contribution in [0.1, 0.15) is 195 Å². The number of unbranched alkanes of at least 4 members (excludes halogenated alkanes) is 3. The summed E-state index contributed by atoms with van der Waals surface area (Å²) in [6.07, 6.45) is 10.1. The van der Waals surface area contributed by atoms with Gasteiger partial charge in [0.2, 0.25) is 88.4 Å². The number of nitrogens with zero attached hydrogens (tertiary/aromatic N) is 3. The third-order valence-corrected chi connectivity index (χ3v) is 26.1. The molecule has 22 N–H and O–H groups in total. The Bertz CT molecular complexity index is 5390. The van der Waals surface area contributed by atoms with E-state index < -0.39 is 283 Å². The van der Waals surface area contributed by atoms with Gasteiger partial charge in [0.25, 0.3) is 20.2 Å². The Balaban J connectivity index is 1.13. The van der Waals surface area contributed by atoms with Crippen LogP contribution in [0.25, 0.3) is 0 Å². The first-order chi connectivity index (χ1) is 67.6. The van der Waals surface area contributed by atoms with Crippen molar-refractivity contribution in [3.05, 3.63) is 95.8 Å². The summed E-state index contributed by atoms with van der Waals surface area (Å²) in [5.74, 6) is -20.8. The number of anilines is 1. The van der Waals surface area contributed by atoms with E-state index in [4.69, 9.17) is 10.5 Å². The van der Waals surface area contributed by atoms with E-state index in [0.717, 1.165) is 35.6 Å². The molecule has 0 bridgehead atoms. The largest absolute Gasteiger partial charge is 0.481 e. The van der Waals surface area contributed by atoms with Crippen LogP contribution in [0, 0.1) is 5.92 Å². The van der Waals surface area contributed by atoms with Gasteiger partial charge in [-0.3, -0.25) is 105 Å². The van der Waals surface area contributed by atoms with Gasteiger partial charge in [0.1, 0.15) is 67.5 Å². The molecule has 0 unspecified atom stereocenters. The van der Waals surface area contributed by atoms with E-state index in [1.54, 1.807) is 18.4 Å². The monoisotopic (exact) mass is 2080 g/mol. The van der Waals surface area contributed by atoms with E-state index in [-0.39, 0.29) is 78.5 Å². The van der Waals surface area contributed by atoms with E-state index in [0.29, 0.717) is 50.0 Å². The van der Waals surface area contributed by atoms with E-state index in [1.165, 1.54) is 43.0 Å². The average molecular weight is 2080 g/mol. The van der Waals surface area contributed by atoms with Gasteiger partial charge in [0, 0.05) is 98.4 Å². The lowest BCUT2D eigenvalue weighted by Gasteiger charge is -2.27. The van der Waals surface area contributed by atoms with Crippen LogP contribution in [-0.4, -0.2) is 318 Å². The van der Waals surface area contributed by atoms with Crippen molar-refractivity contribution in [2.45, 2.75) is 265 Å². The van der Waals surface area contributed by atoms with Crippen LogP contribution in [-0.2, 0) is 127 Å². The normalized spacial score (nSPS) is 16.5. The maximum absolute atomic E-state index is 14.2. The zero-order valence-electron chi connectivity index (χ0n) is 82.1. The van der Waals surface area contributed by atoms with Gasteiger partial charge in [0.05, 0.1) is 40.9 Å². The molecular formula is C93H136N17O31S3+. The highest BCUT2D eigenvalue weighted by Gasteiger charge is 2.46. The molecular weight excluding hydrogens is 1950 g/mol. The number of benzene rings is 2. The summed E-state index contributed by atoms with van der Waals surface area (Å²) in [7, 11) is -7.20. The molecule has 48 nitrogen and oxygen atoms in total. The number of thioether (sulfide) groups is 1. The van der Waals surface area contributed by atoms with Crippen LogP contribution < -0.4 is 79.8 Å². The number of fused-ring (bicyclic) bond motifs is 2. The molecule has 1 saturated heterocycles. The SMILES string of the molecule is CC[N+]1=C(/C=C/C=C/C=C/C=C2/N(CCCCCC(=O)NCCCC[C@@H](NC(=O)[C@@H](CCC(=O)O)NC(=O)[C@@H](CCC(=O)O)NC(=O)[C@@H](CCC(=O)O)NC(=O)[C@@H](CCC(=O)O)NC(=O)[C@@H](CCC(=O)O)NC(=O)COCCNC(=O)CNC(=O)[C@H](C)NC(=O)[C@H](CSC)NC(=O)CNC(=O)[C@H](CC(C)C)NC(=O)[C@@H]3CCCN3C)C(N)=O)c3ccc(S(=O)(=O)O)cc3C2(C)C)C(C)(C)c2cc(S(=O)(=O)O)ccc21. The lowest BCUT2D eigenvalue weighted by molar-refractivity contribution is -0.433. The molecule has 3 heterocycles. The number of carbonyl (C=O) groups excluding carboxylic acids is 14. The predicted octanol–water partition coefficient (Wildman–Crippen LogP) is -0.166. The predicted molar refractivity (Wildman–Crippen MR) is 522 cm³/mol. The third kappa shape index (κ3) is 40.2.